The van der Waals surface area contributed by atoms with Crippen molar-refractivity contribution >= 4 is 11.8 Å². The van der Waals surface area contributed by atoms with Crippen LogP contribution in [0.3, 0.4) is 0 Å². The van der Waals surface area contributed by atoms with Gasteiger partial charge in [-0.25, -0.2) is 0 Å². The molecule has 0 atom stereocenters. The van der Waals surface area contributed by atoms with E-state index in [0.29, 0.717) is 0 Å². The molecule has 0 saturated carbocycles. The Morgan fingerprint density at radius 1 is 0.630 bits per heavy atom. The number of hydrogen-bond donors (Lipinski definition) is 0. The topological polar surface area (TPSA) is 0 Å². The molecule has 1 heteroatoms. The summed E-state index contributed by atoms with van der Waals surface area (Å²) in [4.78, 5) is 1.35. The maximum atomic E-state index is 3.29. The molecule has 2 aromatic carbocycles. The number of hydrogen-bond acceptors (Lipinski definition) is 1. The molecule has 0 aromatic heterocycles. The van der Waals surface area contributed by atoms with E-state index in [2.05, 4.69) is 74.2 Å². The summed E-state index contributed by atoms with van der Waals surface area (Å²) in [7, 11) is 0. The SMILES string of the molecule is CCCCCCSc1ccc(C#Cc2ccc(CCCCCC)cc2)cc1. The van der Waals surface area contributed by atoms with Gasteiger partial charge in [-0.1, -0.05) is 76.3 Å². The molecule has 0 aliphatic heterocycles. The van der Waals surface area contributed by atoms with Crippen molar-refractivity contribution in [3.8, 4) is 11.8 Å². The second-order valence-electron chi connectivity index (χ2n) is 7.19. The molecule has 27 heavy (non-hydrogen) atoms. The van der Waals surface area contributed by atoms with E-state index in [1.807, 2.05) is 11.8 Å². The van der Waals surface area contributed by atoms with Crippen LogP contribution in [-0.2, 0) is 6.42 Å². The summed E-state index contributed by atoms with van der Waals surface area (Å²) >= 11 is 1.96. The van der Waals surface area contributed by atoms with Crippen LogP contribution in [0.4, 0.5) is 0 Å². The molecule has 0 amide bonds. The zero-order valence-corrected chi connectivity index (χ0v) is 17.9. The molecule has 0 radical (unpaired) electrons. The predicted molar refractivity (Wildman–Crippen MR) is 122 cm³/mol. The zero-order valence-electron chi connectivity index (χ0n) is 17.1. The highest BCUT2D eigenvalue weighted by molar-refractivity contribution is 7.99. The lowest BCUT2D eigenvalue weighted by Crippen LogP contribution is -1.86. The van der Waals surface area contributed by atoms with Gasteiger partial charge in [0, 0.05) is 16.0 Å². The van der Waals surface area contributed by atoms with Crippen LogP contribution < -0.4 is 0 Å². The highest BCUT2D eigenvalue weighted by Gasteiger charge is 1.96. The van der Waals surface area contributed by atoms with Gasteiger partial charge in [-0.3, -0.25) is 0 Å². The standard InChI is InChI=1S/C26H34S/c1-3-5-7-9-11-23-12-14-24(15-13-23)16-17-25-18-20-26(21-19-25)27-22-10-8-6-4-2/h12-15,18-21H,3-11,22H2,1-2H3. The molecule has 2 rings (SSSR count). The van der Waals surface area contributed by atoms with Crippen LogP contribution in [0.2, 0.25) is 0 Å². The highest BCUT2D eigenvalue weighted by Crippen LogP contribution is 2.20. The fourth-order valence-corrected chi connectivity index (χ4v) is 3.92. The first-order valence-corrected chi connectivity index (χ1v) is 11.6. The van der Waals surface area contributed by atoms with Crippen LogP contribution in [-0.4, -0.2) is 5.75 Å². The number of rotatable bonds is 11. The first-order valence-electron chi connectivity index (χ1n) is 10.7. The van der Waals surface area contributed by atoms with Gasteiger partial charge < -0.3 is 0 Å². The maximum Gasteiger partial charge on any atom is 0.0249 e. The van der Waals surface area contributed by atoms with Crippen molar-refractivity contribution in [2.75, 3.05) is 5.75 Å². The van der Waals surface area contributed by atoms with Gasteiger partial charge in [0.15, 0.2) is 0 Å². The smallest absolute Gasteiger partial charge is 0.0249 e. The van der Waals surface area contributed by atoms with Crippen LogP contribution >= 0.6 is 11.8 Å². The number of unbranched alkanes of at least 4 members (excludes halogenated alkanes) is 6. The van der Waals surface area contributed by atoms with Crippen molar-refractivity contribution in [3.05, 3.63) is 65.2 Å². The molecule has 2 aromatic rings. The number of thioether (sulfide) groups is 1. The van der Waals surface area contributed by atoms with Crippen molar-refractivity contribution < 1.29 is 0 Å². The van der Waals surface area contributed by atoms with E-state index >= 15 is 0 Å². The Balaban J connectivity index is 1.79. The zero-order chi connectivity index (χ0) is 19.2. The van der Waals surface area contributed by atoms with Crippen LogP contribution in [0.5, 0.6) is 0 Å². The molecule has 144 valence electrons. The second kappa shape index (κ2) is 13.5. The summed E-state index contributed by atoms with van der Waals surface area (Å²) in [6.07, 6.45) is 11.8. The average Bonchev–Trinajstić information content (AvgIpc) is 2.71. The summed E-state index contributed by atoms with van der Waals surface area (Å²) < 4.78 is 0. The van der Waals surface area contributed by atoms with Crippen molar-refractivity contribution in [2.45, 2.75) is 76.5 Å². The van der Waals surface area contributed by atoms with Crippen molar-refractivity contribution in [1.82, 2.24) is 0 Å². The molecule has 0 N–H and O–H groups in total. The van der Waals surface area contributed by atoms with Crippen LogP contribution in [0, 0.1) is 11.8 Å². The van der Waals surface area contributed by atoms with E-state index < -0.39 is 0 Å². The van der Waals surface area contributed by atoms with Gasteiger partial charge in [0.05, 0.1) is 0 Å². The van der Waals surface area contributed by atoms with E-state index in [-0.39, 0.29) is 0 Å². The average molecular weight is 379 g/mol. The minimum atomic E-state index is 1.09. The van der Waals surface area contributed by atoms with E-state index in [0.717, 1.165) is 11.1 Å². The summed E-state index contributed by atoms with van der Waals surface area (Å²) in [5.74, 6) is 7.80. The molecule has 0 bridgehead atoms. The quantitative estimate of drug-likeness (QED) is 0.218. The van der Waals surface area contributed by atoms with E-state index in [1.54, 1.807) is 0 Å². The predicted octanol–water partition coefficient (Wildman–Crippen LogP) is 7.88. The molecule has 0 aliphatic carbocycles. The van der Waals surface area contributed by atoms with Gasteiger partial charge in [-0.15, -0.1) is 11.8 Å². The lowest BCUT2D eigenvalue weighted by molar-refractivity contribution is 0.667. The normalized spacial score (nSPS) is 10.4. The highest BCUT2D eigenvalue weighted by atomic mass is 32.2. The van der Waals surface area contributed by atoms with E-state index in [4.69, 9.17) is 0 Å². The molecular formula is C26H34S. The van der Waals surface area contributed by atoms with Gasteiger partial charge in [-0.05, 0) is 67.0 Å². The monoisotopic (exact) mass is 378 g/mol. The molecule has 0 spiro atoms. The Hall–Kier alpha value is -1.65. The van der Waals surface area contributed by atoms with Crippen molar-refractivity contribution in [3.63, 3.8) is 0 Å². The van der Waals surface area contributed by atoms with Crippen LogP contribution in [0.25, 0.3) is 0 Å². The van der Waals surface area contributed by atoms with Crippen molar-refractivity contribution in [2.24, 2.45) is 0 Å². The van der Waals surface area contributed by atoms with Gasteiger partial charge in [0.1, 0.15) is 0 Å². The molecule has 0 fully saturated rings. The lowest BCUT2D eigenvalue weighted by Gasteiger charge is -2.02. The third-order valence-corrected chi connectivity index (χ3v) is 5.84. The van der Waals surface area contributed by atoms with Gasteiger partial charge in [0.25, 0.3) is 0 Å². The third-order valence-electron chi connectivity index (χ3n) is 4.75. The summed E-state index contributed by atoms with van der Waals surface area (Å²) in [6.45, 7) is 4.52. The molecule has 0 aliphatic rings. The fourth-order valence-electron chi connectivity index (χ4n) is 3.01. The van der Waals surface area contributed by atoms with Gasteiger partial charge >= 0.3 is 0 Å². The van der Waals surface area contributed by atoms with Crippen LogP contribution in [0.1, 0.15) is 81.9 Å². The fraction of sp³-hybridized carbons (Fsp3) is 0.462. The maximum absolute atomic E-state index is 3.29. The minimum Gasteiger partial charge on any atom is -0.126 e. The summed E-state index contributed by atoms with van der Waals surface area (Å²) in [5.41, 5.74) is 3.62. The first-order chi connectivity index (χ1) is 13.3. The Kier molecular flexibility index (Phi) is 10.8. The number of benzene rings is 2. The molecule has 0 unspecified atom stereocenters. The largest absolute Gasteiger partial charge is 0.126 e. The minimum absolute atomic E-state index is 1.09. The van der Waals surface area contributed by atoms with E-state index in [9.17, 15) is 0 Å². The molecule has 0 nitrogen and oxygen atoms in total. The Labute approximate surface area is 171 Å². The molecular weight excluding hydrogens is 344 g/mol. The summed E-state index contributed by atoms with van der Waals surface area (Å²) in [6, 6.07) is 17.5. The van der Waals surface area contributed by atoms with Gasteiger partial charge in [0.2, 0.25) is 0 Å². The molecule has 0 heterocycles. The van der Waals surface area contributed by atoms with Crippen molar-refractivity contribution in [1.29, 1.82) is 0 Å². The number of aryl methyl sites for hydroxylation is 1. The Morgan fingerprint density at radius 3 is 1.78 bits per heavy atom. The van der Waals surface area contributed by atoms with Gasteiger partial charge in [-0.2, -0.15) is 0 Å². The Morgan fingerprint density at radius 2 is 1.19 bits per heavy atom. The summed E-state index contributed by atoms with van der Waals surface area (Å²) in [5, 5.41) is 0. The molecule has 0 saturated heterocycles. The first kappa shape index (κ1) is 21.6. The second-order valence-corrected chi connectivity index (χ2v) is 8.36. The lowest BCUT2D eigenvalue weighted by atomic mass is 10.0. The van der Waals surface area contributed by atoms with E-state index in [1.165, 1.54) is 74.0 Å². The third kappa shape index (κ3) is 9.21. The van der Waals surface area contributed by atoms with Crippen LogP contribution in [0.15, 0.2) is 53.4 Å². The Bertz CT molecular complexity index is 686.